The molecule has 0 heterocycles. The van der Waals surface area contributed by atoms with Crippen molar-refractivity contribution in [2.24, 2.45) is 0 Å². The Labute approximate surface area is 147 Å². The van der Waals surface area contributed by atoms with Crippen LogP contribution in [-0.4, -0.2) is 36.2 Å². The van der Waals surface area contributed by atoms with Crippen LogP contribution in [0.25, 0.3) is 0 Å². The molecule has 0 aliphatic heterocycles. The summed E-state index contributed by atoms with van der Waals surface area (Å²) in [5.41, 5.74) is 1.24. The molecule has 0 spiro atoms. The van der Waals surface area contributed by atoms with Crippen molar-refractivity contribution in [1.29, 1.82) is 0 Å². The van der Waals surface area contributed by atoms with Gasteiger partial charge in [0.2, 0.25) is 5.91 Å². The van der Waals surface area contributed by atoms with Crippen molar-refractivity contribution in [3.63, 3.8) is 0 Å². The molecule has 0 aromatic heterocycles. The number of carbonyl (C=O) groups excluding carboxylic acids is 1. The number of amides is 1. The van der Waals surface area contributed by atoms with Gasteiger partial charge in [0, 0.05) is 24.0 Å². The van der Waals surface area contributed by atoms with Crippen LogP contribution in [0, 0.1) is 5.82 Å². The number of nitrogens with one attached hydrogen (secondary N) is 1. The fraction of sp³-hybridized carbons (Fsp3) is 0.316. The lowest BCUT2D eigenvalue weighted by molar-refractivity contribution is -0.118. The Bertz CT molecular complexity index is 651. The van der Waals surface area contributed by atoms with Gasteiger partial charge in [-0.3, -0.25) is 9.69 Å². The van der Waals surface area contributed by atoms with Gasteiger partial charge in [-0.25, -0.2) is 4.39 Å². The average molecular weight is 346 g/mol. The van der Waals surface area contributed by atoms with E-state index >= 15 is 0 Å². The number of rotatable bonds is 8. The predicted octanol–water partition coefficient (Wildman–Crippen LogP) is 3.55. The maximum atomic E-state index is 13.5. The van der Waals surface area contributed by atoms with Crippen molar-refractivity contribution in [3.8, 4) is 0 Å². The quantitative estimate of drug-likeness (QED) is 0.742. The van der Waals surface area contributed by atoms with E-state index in [4.69, 9.17) is 0 Å². The molecule has 0 radical (unpaired) electrons. The largest absolute Gasteiger partial charge is 0.354 e. The second-order valence-electron chi connectivity index (χ2n) is 5.77. The Morgan fingerprint density at radius 2 is 1.83 bits per heavy atom. The van der Waals surface area contributed by atoms with Crippen molar-refractivity contribution in [1.82, 2.24) is 10.2 Å². The van der Waals surface area contributed by atoms with E-state index in [0.717, 1.165) is 6.54 Å². The number of thioether (sulfide) groups is 1. The third kappa shape index (κ3) is 5.98. The van der Waals surface area contributed by atoms with Gasteiger partial charge >= 0.3 is 0 Å². The molecule has 128 valence electrons. The molecule has 2 aromatic rings. The van der Waals surface area contributed by atoms with E-state index in [1.54, 1.807) is 18.2 Å². The maximum absolute atomic E-state index is 13.5. The molecular weight excluding hydrogens is 323 g/mol. The highest BCUT2D eigenvalue weighted by atomic mass is 32.2. The summed E-state index contributed by atoms with van der Waals surface area (Å²) in [6.07, 6.45) is 0. The highest BCUT2D eigenvalue weighted by molar-refractivity contribution is 8.00. The molecule has 0 aliphatic carbocycles. The summed E-state index contributed by atoms with van der Waals surface area (Å²) in [5.74, 6) is -0.148. The molecule has 5 heteroatoms. The van der Waals surface area contributed by atoms with Gasteiger partial charge in [-0.15, -0.1) is 11.8 Å². The minimum atomic E-state index is -0.286. The van der Waals surface area contributed by atoms with Crippen molar-refractivity contribution >= 4 is 17.7 Å². The molecule has 3 nitrogen and oxygen atoms in total. The van der Waals surface area contributed by atoms with Crippen LogP contribution in [0.5, 0.6) is 0 Å². The lowest BCUT2D eigenvalue weighted by atomic mass is 10.2. The first-order chi connectivity index (χ1) is 11.6. The van der Waals surface area contributed by atoms with Crippen LogP contribution in [0.15, 0.2) is 59.5 Å². The van der Waals surface area contributed by atoms with Crippen LogP contribution >= 0.6 is 11.8 Å². The molecule has 1 atom stereocenters. The molecular formula is C19H23FN2OS. The summed E-state index contributed by atoms with van der Waals surface area (Å²) < 4.78 is 13.5. The molecule has 0 aliphatic rings. The summed E-state index contributed by atoms with van der Waals surface area (Å²) in [6, 6.07) is 16.9. The van der Waals surface area contributed by atoms with E-state index in [-0.39, 0.29) is 23.5 Å². The third-order valence-electron chi connectivity index (χ3n) is 3.82. The van der Waals surface area contributed by atoms with E-state index in [0.29, 0.717) is 11.4 Å². The van der Waals surface area contributed by atoms with E-state index in [9.17, 15) is 9.18 Å². The highest BCUT2D eigenvalue weighted by Gasteiger charge is 2.12. The summed E-state index contributed by atoms with van der Waals surface area (Å²) in [4.78, 5) is 14.6. The van der Waals surface area contributed by atoms with Gasteiger partial charge in [-0.2, -0.15) is 0 Å². The molecule has 0 fully saturated rings. The molecule has 1 unspecified atom stereocenters. The lowest BCUT2D eigenvalue weighted by Gasteiger charge is -2.25. The van der Waals surface area contributed by atoms with Crippen LogP contribution in [0.2, 0.25) is 0 Å². The first kappa shape index (κ1) is 18.5. The number of likely N-dealkylation sites (N-methyl/N-ethyl adjacent to an activating group) is 1. The number of halogens is 1. The van der Waals surface area contributed by atoms with Crippen molar-refractivity contribution in [2.75, 3.05) is 19.3 Å². The molecule has 1 amide bonds. The predicted molar refractivity (Wildman–Crippen MR) is 97.5 cm³/mol. The fourth-order valence-electron chi connectivity index (χ4n) is 2.20. The third-order valence-corrected chi connectivity index (χ3v) is 4.87. The lowest BCUT2D eigenvalue weighted by Crippen LogP contribution is -2.40. The van der Waals surface area contributed by atoms with E-state index in [1.807, 2.05) is 25.2 Å². The summed E-state index contributed by atoms with van der Waals surface area (Å²) in [5, 5.41) is 2.91. The van der Waals surface area contributed by atoms with Gasteiger partial charge in [0.1, 0.15) is 5.82 Å². The Hall–Kier alpha value is -1.85. The van der Waals surface area contributed by atoms with E-state index in [2.05, 4.69) is 29.3 Å². The van der Waals surface area contributed by atoms with Gasteiger partial charge in [0.25, 0.3) is 0 Å². The summed E-state index contributed by atoms with van der Waals surface area (Å²) >= 11 is 1.22. The van der Waals surface area contributed by atoms with E-state index < -0.39 is 0 Å². The van der Waals surface area contributed by atoms with Crippen LogP contribution in [0.1, 0.15) is 12.5 Å². The zero-order valence-corrected chi connectivity index (χ0v) is 14.9. The van der Waals surface area contributed by atoms with Crippen molar-refractivity contribution in [2.45, 2.75) is 24.4 Å². The minimum absolute atomic E-state index is 0.0804. The Morgan fingerprint density at radius 3 is 2.54 bits per heavy atom. The normalized spacial score (nSPS) is 12.2. The van der Waals surface area contributed by atoms with Crippen LogP contribution < -0.4 is 5.32 Å². The first-order valence-electron chi connectivity index (χ1n) is 7.94. The van der Waals surface area contributed by atoms with Gasteiger partial charge in [-0.05, 0) is 31.7 Å². The standard InChI is InChI=1S/C19H23FN2OS/c1-15(22(2)13-16-8-4-3-5-9-16)12-21-19(23)14-24-18-11-7-6-10-17(18)20/h3-11,15H,12-14H2,1-2H3,(H,21,23). The Balaban J connectivity index is 1.71. The topological polar surface area (TPSA) is 32.3 Å². The Kier molecular flexibility index (Phi) is 7.28. The van der Waals surface area contributed by atoms with Gasteiger partial charge in [-0.1, -0.05) is 42.5 Å². The molecule has 1 N–H and O–H groups in total. The average Bonchev–Trinajstić information content (AvgIpc) is 2.59. The number of nitrogens with zero attached hydrogens (tertiary/aromatic N) is 1. The first-order valence-corrected chi connectivity index (χ1v) is 8.93. The van der Waals surface area contributed by atoms with Crippen molar-refractivity contribution in [3.05, 3.63) is 66.0 Å². The SMILES string of the molecule is CC(CNC(=O)CSc1ccccc1F)N(C)Cc1ccccc1. The second kappa shape index (κ2) is 9.45. The van der Waals surface area contributed by atoms with Crippen LogP contribution in [-0.2, 0) is 11.3 Å². The molecule has 0 saturated carbocycles. The summed E-state index contributed by atoms with van der Waals surface area (Å²) in [6.45, 7) is 3.48. The number of benzene rings is 2. The van der Waals surface area contributed by atoms with E-state index in [1.165, 1.54) is 23.4 Å². The number of carbonyl (C=O) groups is 1. The molecule has 0 saturated heterocycles. The zero-order valence-electron chi connectivity index (χ0n) is 14.0. The van der Waals surface area contributed by atoms with Gasteiger partial charge in [0.05, 0.1) is 5.75 Å². The molecule has 2 rings (SSSR count). The molecule has 2 aromatic carbocycles. The zero-order chi connectivity index (χ0) is 17.4. The smallest absolute Gasteiger partial charge is 0.230 e. The number of hydrogen-bond acceptors (Lipinski definition) is 3. The second-order valence-corrected chi connectivity index (χ2v) is 6.79. The fourth-order valence-corrected chi connectivity index (χ4v) is 2.97. The minimum Gasteiger partial charge on any atom is -0.354 e. The Morgan fingerprint density at radius 1 is 1.17 bits per heavy atom. The van der Waals surface area contributed by atoms with Crippen molar-refractivity contribution < 1.29 is 9.18 Å². The van der Waals surface area contributed by atoms with Gasteiger partial charge < -0.3 is 5.32 Å². The van der Waals surface area contributed by atoms with Gasteiger partial charge in [0.15, 0.2) is 0 Å². The monoisotopic (exact) mass is 346 g/mol. The summed E-state index contributed by atoms with van der Waals surface area (Å²) in [7, 11) is 2.04. The van der Waals surface area contributed by atoms with Crippen LogP contribution in [0.3, 0.4) is 0 Å². The molecule has 0 bridgehead atoms. The maximum Gasteiger partial charge on any atom is 0.230 e. The molecule has 24 heavy (non-hydrogen) atoms. The highest BCUT2D eigenvalue weighted by Crippen LogP contribution is 2.20. The van der Waals surface area contributed by atoms with Crippen LogP contribution in [0.4, 0.5) is 4.39 Å². The number of hydrogen-bond donors (Lipinski definition) is 1.